The molecule has 1 aliphatic heterocycles. The number of hydrogen-bond acceptors (Lipinski definition) is 6. The van der Waals surface area contributed by atoms with Crippen LogP contribution in [0.25, 0.3) is 0 Å². The zero-order valence-electron chi connectivity index (χ0n) is 13.1. The number of rotatable bonds is 4. The van der Waals surface area contributed by atoms with Gasteiger partial charge in [0.1, 0.15) is 6.04 Å². The first-order valence-corrected chi connectivity index (χ1v) is 8.53. The summed E-state index contributed by atoms with van der Waals surface area (Å²) < 4.78 is 4.79. The molecule has 0 aromatic carbocycles. The van der Waals surface area contributed by atoms with Crippen molar-refractivity contribution < 1.29 is 19.1 Å². The average Bonchev–Trinajstić information content (AvgIpc) is 2.60. The number of carbonyl (C=O) groups excluding carboxylic acids is 3. The topological polar surface area (TPSA) is 79.8 Å². The van der Waals surface area contributed by atoms with Gasteiger partial charge in [0.2, 0.25) is 5.91 Å². The molecule has 8 heteroatoms. The van der Waals surface area contributed by atoms with Crippen molar-refractivity contribution >= 4 is 29.5 Å². The highest BCUT2D eigenvalue weighted by Gasteiger charge is 2.37. The summed E-state index contributed by atoms with van der Waals surface area (Å²) >= 11 is 1.40. The quantitative estimate of drug-likeness (QED) is 0.734. The number of pyridine rings is 1. The number of methoxy groups -OCH3 is 1. The van der Waals surface area contributed by atoms with Crippen LogP contribution in [0.15, 0.2) is 24.5 Å². The predicted molar refractivity (Wildman–Crippen MR) is 86.0 cm³/mol. The van der Waals surface area contributed by atoms with Crippen molar-refractivity contribution in [3.8, 4) is 0 Å². The maximum atomic E-state index is 12.5. The van der Waals surface area contributed by atoms with E-state index in [9.17, 15) is 14.4 Å². The van der Waals surface area contributed by atoms with Gasteiger partial charge in [0.05, 0.1) is 25.0 Å². The Morgan fingerprint density at radius 1 is 1.39 bits per heavy atom. The van der Waals surface area contributed by atoms with Gasteiger partial charge < -0.3 is 14.5 Å². The number of carbonyl (C=O) groups is 3. The summed E-state index contributed by atoms with van der Waals surface area (Å²) in [6.45, 7) is 0.813. The fraction of sp³-hybridized carbons (Fsp3) is 0.467. The minimum Gasteiger partial charge on any atom is -0.467 e. The van der Waals surface area contributed by atoms with E-state index in [2.05, 4.69) is 4.98 Å². The van der Waals surface area contributed by atoms with Crippen LogP contribution in [0, 0.1) is 0 Å². The van der Waals surface area contributed by atoms with Crippen LogP contribution in [0.1, 0.15) is 10.4 Å². The van der Waals surface area contributed by atoms with Crippen LogP contribution in [-0.4, -0.2) is 77.4 Å². The van der Waals surface area contributed by atoms with Crippen molar-refractivity contribution in [1.82, 2.24) is 14.8 Å². The lowest BCUT2D eigenvalue weighted by atomic mass is 10.1. The molecule has 0 bridgehead atoms. The standard InChI is InChI=1S/C15H19N3O4S/c1-22-15(21)12-9-17(6-7-18(12)13(19)10-23-2)14(20)11-4-3-5-16-8-11/h3-5,8,12H,6-7,9-10H2,1-2H3/t12-/m1/s1. The van der Waals surface area contributed by atoms with E-state index in [0.29, 0.717) is 24.4 Å². The summed E-state index contributed by atoms with van der Waals surface area (Å²) in [5.74, 6) is -0.544. The molecule has 0 unspecified atom stereocenters. The molecule has 7 nitrogen and oxygen atoms in total. The van der Waals surface area contributed by atoms with Crippen molar-refractivity contribution in [2.45, 2.75) is 6.04 Å². The maximum absolute atomic E-state index is 12.5. The summed E-state index contributed by atoms with van der Waals surface area (Å²) in [6, 6.07) is 2.59. The number of thioether (sulfide) groups is 1. The number of amides is 2. The molecule has 0 aliphatic carbocycles. The minimum atomic E-state index is -0.769. The lowest BCUT2D eigenvalue weighted by Crippen LogP contribution is -2.60. The molecule has 0 spiro atoms. The van der Waals surface area contributed by atoms with Gasteiger partial charge in [-0.2, -0.15) is 11.8 Å². The van der Waals surface area contributed by atoms with E-state index in [1.165, 1.54) is 30.0 Å². The first-order valence-electron chi connectivity index (χ1n) is 7.14. The average molecular weight is 337 g/mol. The number of piperazine rings is 1. The van der Waals surface area contributed by atoms with Crippen LogP contribution in [0.5, 0.6) is 0 Å². The van der Waals surface area contributed by atoms with Crippen LogP contribution < -0.4 is 0 Å². The molecule has 1 aromatic rings. The third-order valence-electron chi connectivity index (χ3n) is 3.64. The Labute approximate surface area is 139 Å². The van der Waals surface area contributed by atoms with E-state index < -0.39 is 12.0 Å². The summed E-state index contributed by atoms with van der Waals surface area (Å²) in [5, 5.41) is 0. The van der Waals surface area contributed by atoms with Gasteiger partial charge in [0.15, 0.2) is 0 Å². The van der Waals surface area contributed by atoms with E-state index in [1.807, 2.05) is 6.26 Å². The Bertz CT molecular complexity index is 581. The Kier molecular flexibility index (Phi) is 5.97. The number of ether oxygens (including phenoxy) is 1. The Balaban J connectivity index is 2.14. The SMILES string of the molecule is COC(=O)[C@H]1CN(C(=O)c2cccnc2)CCN1C(=O)CSC. The first-order chi connectivity index (χ1) is 11.1. The smallest absolute Gasteiger partial charge is 0.330 e. The summed E-state index contributed by atoms with van der Waals surface area (Å²) in [5.41, 5.74) is 0.458. The van der Waals surface area contributed by atoms with Crippen LogP contribution in [0.2, 0.25) is 0 Å². The lowest BCUT2D eigenvalue weighted by Gasteiger charge is -2.39. The zero-order chi connectivity index (χ0) is 16.8. The van der Waals surface area contributed by atoms with Gasteiger partial charge in [-0.15, -0.1) is 0 Å². The molecular weight excluding hydrogens is 318 g/mol. The molecule has 1 fully saturated rings. The highest BCUT2D eigenvalue weighted by Crippen LogP contribution is 2.15. The molecule has 0 N–H and O–H groups in total. The van der Waals surface area contributed by atoms with Crippen LogP contribution >= 0.6 is 11.8 Å². The minimum absolute atomic E-state index is 0.124. The van der Waals surface area contributed by atoms with Crippen LogP contribution in [0.3, 0.4) is 0 Å². The first kappa shape index (κ1) is 17.3. The molecule has 1 aromatic heterocycles. The zero-order valence-corrected chi connectivity index (χ0v) is 13.9. The number of aromatic nitrogens is 1. The molecule has 0 saturated carbocycles. The Morgan fingerprint density at radius 3 is 2.78 bits per heavy atom. The van der Waals surface area contributed by atoms with Gasteiger partial charge in [-0.1, -0.05) is 0 Å². The summed E-state index contributed by atoms with van der Waals surface area (Å²) in [7, 11) is 1.28. The van der Waals surface area contributed by atoms with Gasteiger partial charge in [-0.3, -0.25) is 14.6 Å². The molecule has 124 valence electrons. The van der Waals surface area contributed by atoms with E-state index in [-0.39, 0.29) is 18.4 Å². The van der Waals surface area contributed by atoms with Crippen LogP contribution in [-0.2, 0) is 14.3 Å². The largest absolute Gasteiger partial charge is 0.467 e. The van der Waals surface area contributed by atoms with Crippen molar-refractivity contribution in [3.05, 3.63) is 30.1 Å². The molecular formula is C15H19N3O4S. The maximum Gasteiger partial charge on any atom is 0.330 e. The molecule has 1 atom stereocenters. The van der Waals surface area contributed by atoms with Gasteiger partial charge in [0, 0.05) is 25.5 Å². The fourth-order valence-corrected chi connectivity index (χ4v) is 2.89. The Morgan fingerprint density at radius 2 is 2.17 bits per heavy atom. The fourth-order valence-electron chi connectivity index (χ4n) is 2.48. The number of nitrogens with zero attached hydrogens (tertiary/aromatic N) is 3. The molecule has 23 heavy (non-hydrogen) atoms. The van der Waals surface area contributed by atoms with E-state index in [1.54, 1.807) is 23.2 Å². The van der Waals surface area contributed by atoms with Crippen molar-refractivity contribution in [2.24, 2.45) is 0 Å². The summed E-state index contributed by atoms with van der Waals surface area (Å²) in [4.78, 5) is 43.6. The van der Waals surface area contributed by atoms with E-state index >= 15 is 0 Å². The summed E-state index contributed by atoms with van der Waals surface area (Å²) in [6.07, 6.45) is 4.90. The highest BCUT2D eigenvalue weighted by molar-refractivity contribution is 7.99. The Hall–Kier alpha value is -2.09. The van der Waals surface area contributed by atoms with Gasteiger partial charge in [-0.05, 0) is 18.4 Å². The number of hydrogen-bond donors (Lipinski definition) is 0. The molecule has 1 aliphatic rings. The molecule has 0 radical (unpaired) electrons. The van der Waals surface area contributed by atoms with Crippen molar-refractivity contribution in [1.29, 1.82) is 0 Å². The molecule has 1 saturated heterocycles. The third kappa shape index (κ3) is 4.01. The van der Waals surface area contributed by atoms with Crippen molar-refractivity contribution in [2.75, 3.05) is 38.8 Å². The third-order valence-corrected chi connectivity index (χ3v) is 4.17. The molecule has 2 heterocycles. The van der Waals surface area contributed by atoms with Gasteiger partial charge in [-0.25, -0.2) is 4.79 Å². The molecule has 2 amide bonds. The predicted octanol–water partition coefficient (Wildman–Crippen LogP) is 0.271. The second-order valence-corrected chi connectivity index (χ2v) is 5.92. The van der Waals surface area contributed by atoms with E-state index in [4.69, 9.17) is 4.74 Å². The highest BCUT2D eigenvalue weighted by atomic mass is 32.2. The van der Waals surface area contributed by atoms with Gasteiger partial charge >= 0.3 is 5.97 Å². The normalized spacial score (nSPS) is 17.7. The van der Waals surface area contributed by atoms with E-state index in [0.717, 1.165) is 0 Å². The lowest BCUT2D eigenvalue weighted by molar-refractivity contribution is -0.154. The molecule has 2 rings (SSSR count). The van der Waals surface area contributed by atoms with Gasteiger partial charge in [0.25, 0.3) is 5.91 Å². The second-order valence-electron chi connectivity index (χ2n) is 5.05. The monoisotopic (exact) mass is 337 g/mol. The van der Waals surface area contributed by atoms with Crippen molar-refractivity contribution in [3.63, 3.8) is 0 Å². The number of esters is 1. The second kappa shape index (κ2) is 7.96. The van der Waals surface area contributed by atoms with Crippen LogP contribution in [0.4, 0.5) is 0 Å².